The van der Waals surface area contributed by atoms with E-state index in [1.54, 1.807) is 48.4 Å². The van der Waals surface area contributed by atoms with E-state index < -0.39 is 15.8 Å². The molecule has 0 bridgehead atoms. The molecule has 0 aliphatic carbocycles. The minimum Gasteiger partial charge on any atom is -0.497 e. The Morgan fingerprint density at radius 3 is 2.56 bits per heavy atom. The maximum absolute atomic E-state index is 13.2. The van der Waals surface area contributed by atoms with E-state index in [2.05, 4.69) is 22.0 Å². The summed E-state index contributed by atoms with van der Waals surface area (Å²) in [5.41, 5.74) is 8.49. The summed E-state index contributed by atoms with van der Waals surface area (Å²) < 4.78 is 43.2. The van der Waals surface area contributed by atoms with Crippen LogP contribution in [0.4, 0.5) is 5.69 Å². The van der Waals surface area contributed by atoms with Crippen LogP contribution in [0, 0.1) is 11.3 Å². The average Bonchev–Trinajstić information content (AvgIpc) is 3.36. The standard InChI is InChI=1S/C22H18BrN3O5S/c1-29-13-4-2-12(3-5-13)26-17-6-7-32(27,28)21(17)20(15(10-24)22(26)25)14-8-18-19(9-16(14)23)31-11-30-18/h2-5,8-9,20H,6-7,11,25H2,1H3. The van der Waals surface area contributed by atoms with Crippen LogP contribution in [0.5, 0.6) is 17.2 Å². The van der Waals surface area contributed by atoms with Crippen LogP contribution in [-0.4, -0.2) is 28.1 Å². The van der Waals surface area contributed by atoms with Crippen molar-refractivity contribution in [2.24, 2.45) is 5.73 Å². The van der Waals surface area contributed by atoms with Crippen molar-refractivity contribution in [2.45, 2.75) is 12.3 Å². The number of rotatable bonds is 3. The predicted octanol–water partition coefficient (Wildman–Crippen LogP) is 3.51. The van der Waals surface area contributed by atoms with E-state index in [1.807, 2.05) is 0 Å². The van der Waals surface area contributed by atoms with E-state index >= 15 is 0 Å². The maximum Gasteiger partial charge on any atom is 0.231 e. The van der Waals surface area contributed by atoms with Crippen LogP contribution in [-0.2, 0) is 9.84 Å². The molecule has 1 unspecified atom stereocenters. The lowest BCUT2D eigenvalue weighted by molar-refractivity contribution is 0.174. The second-order valence-corrected chi connectivity index (χ2v) is 10.4. The molecule has 2 aromatic carbocycles. The molecule has 3 heterocycles. The van der Waals surface area contributed by atoms with Crippen molar-refractivity contribution >= 4 is 31.5 Å². The molecule has 2 N–H and O–H groups in total. The summed E-state index contributed by atoms with van der Waals surface area (Å²) >= 11 is 3.52. The van der Waals surface area contributed by atoms with Gasteiger partial charge in [0.1, 0.15) is 11.6 Å². The fourth-order valence-corrected chi connectivity index (χ4v) is 6.75. The van der Waals surface area contributed by atoms with Crippen molar-refractivity contribution in [1.82, 2.24) is 0 Å². The number of nitrogens with zero attached hydrogens (tertiary/aromatic N) is 2. The van der Waals surface area contributed by atoms with Gasteiger partial charge in [0.15, 0.2) is 21.3 Å². The highest BCUT2D eigenvalue weighted by Crippen LogP contribution is 2.51. The minimum atomic E-state index is -3.62. The first-order valence-corrected chi connectivity index (χ1v) is 12.2. The predicted molar refractivity (Wildman–Crippen MR) is 121 cm³/mol. The molecule has 0 saturated heterocycles. The lowest BCUT2D eigenvalue weighted by Crippen LogP contribution is -2.34. The van der Waals surface area contributed by atoms with E-state index in [0.717, 1.165) is 0 Å². The van der Waals surface area contributed by atoms with E-state index in [0.29, 0.717) is 45.1 Å². The van der Waals surface area contributed by atoms with Crippen LogP contribution in [0.25, 0.3) is 0 Å². The summed E-state index contributed by atoms with van der Waals surface area (Å²) in [4.78, 5) is 1.86. The summed E-state index contributed by atoms with van der Waals surface area (Å²) in [7, 11) is -2.05. The molecule has 0 radical (unpaired) electrons. The second kappa shape index (κ2) is 7.46. The van der Waals surface area contributed by atoms with Crippen molar-refractivity contribution in [1.29, 1.82) is 5.26 Å². The SMILES string of the molecule is COc1ccc(N2C(N)=C(C#N)C(c3cc4c(cc3Br)OCO4)C3=C2CCS3(=O)=O)cc1. The number of fused-ring (bicyclic) bond motifs is 1. The number of anilines is 1. The number of benzene rings is 2. The van der Waals surface area contributed by atoms with Gasteiger partial charge in [-0.05, 0) is 42.0 Å². The summed E-state index contributed by atoms with van der Waals surface area (Å²) in [5, 5.41) is 10.1. The summed E-state index contributed by atoms with van der Waals surface area (Å²) in [6, 6.07) is 12.7. The Kier molecular flexibility index (Phi) is 4.83. The molecule has 0 amide bonds. The molecular formula is C22H18BrN3O5S. The van der Waals surface area contributed by atoms with Gasteiger partial charge in [-0.1, -0.05) is 15.9 Å². The lowest BCUT2D eigenvalue weighted by atomic mass is 9.87. The van der Waals surface area contributed by atoms with Crippen LogP contribution >= 0.6 is 15.9 Å². The molecule has 1 atom stereocenters. The normalized spacial score (nSPS) is 20.9. The van der Waals surface area contributed by atoms with E-state index in [4.69, 9.17) is 19.9 Å². The molecule has 164 valence electrons. The molecule has 3 aliphatic heterocycles. The second-order valence-electron chi connectivity index (χ2n) is 7.48. The maximum atomic E-state index is 13.2. The van der Waals surface area contributed by atoms with Gasteiger partial charge in [0.25, 0.3) is 0 Å². The van der Waals surface area contributed by atoms with Gasteiger partial charge < -0.3 is 19.9 Å². The quantitative estimate of drug-likeness (QED) is 0.659. The van der Waals surface area contributed by atoms with Crippen LogP contribution in [0.2, 0.25) is 0 Å². The van der Waals surface area contributed by atoms with Gasteiger partial charge in [-0.3, -0.25) is 4.90 Å². The number of sulfone groups is 1. The van der Waals surface area contributed by atoms with E-state index in [9.17, 15) is 13.7 Å². The molecule has 10 heteroatoms. The highest BCUT2D eigenvalue weighted by Gasteiger charge is 2.46. The Morgan fingerprint density at radius 1 is 1.22 bits per heavy atom. The van der Waals surface area contributed by atoms with Gasteiger partial charge in [-0.25, -0.2) is 8.42 Å². The molecule has 0 saturated carbocycles. The first kappa shape index (κ1) is 20.7. The minimum absolute atomic E-state index is 0.0466. The van der Waals surface area contributed by atoms with Crippen molar-refractivity contribution in [3.05, 3.63) is 68.4 Å². The van der Waals surface area contributed by atoms with Gasteiger partial charge in [-0.2, -0.15) is 5.26 Å². The van der Waals surface area contributed by atoms with Crippen LogP contribution < -0.4 is 24.8 Å². The van der Waals surface area contributed by atoms with Gasteiger partial charge in [0.2, 0.25) is 6.79 Å². The van der Waals surface area contributed by atoms with Crippen molar-refractivity contribution in [3.63, 3.8) is 0 Å². The third-order valence-electron chi connectivity index (χ3n) is 5.82. The average molecular weight is 516 g/mol. The monoisotopic (exact) mass is 515 g/mol. The third-order valence-corrected chi connectivity index (χ3v) is 8.39. The zero-order chi connectivity index (χ0) is 22.6. The van der Waals surface area contributed by atoms with Gasteiger partial charge >= 0.3 is 0 Å². The first-order valence-electron chi connectivity index (χ1n) is 9.74. The van der Waals surface area contributed by atoms with E-state index in [1.165, 1.54) is 0 Å². The number of methoxy groups -OCH3 is 1. The Labute approximate surface area is 193 Å². The Morgan fingerprint density at radius 2 is 1.91 bits per heavy atom. The number of nitriles is 1. The van der Waals surface area contributed by atoms with Crippen molar-refractivity contribution < 1.29 is 22.6 Å². The Hall–Kier alpha value is -3.16. The topological polar surface area (TPSA) is 115 Å². The van der Waals surface area contributed by atoms with Crippen LogP contribution in [0.1, 0.15) is 17.9 Å². The largest absolute Gasteiger partial charge is 0.497 e. The molecule has 0 fully saturated rings. The molecule has 0 spiro atoms. The van der Waals surface area contributed by atoms with Gasteiger partial charge in [-0.15, -0.1) is 0 Å². The molecule has 32 heavy (non-hydrogen) atoms. The van der Waals surface area contributed by atoms with Crippen LogP contribution in [0.15, 0.2) is 62.9 Å². The number of allylic oxidation sites excluding steroid dienone is 3. The van der Waals surface area contributed by atoms with Crippen LogP contribution in [0.3, 0.4) is 0 Å². The fraction of sp³-hybridized carbons (Fsp3) is 0.227. The van der Waals surface area contributed by atoms with Gasteiger partial charge in [0.05, 0.1) is 35.3 Å². The smallest absolute Gasteiger partial charge is 0.231 e. The zero-order valence-electron chi connectivity index (χ0n) is 17.0. The lowest BCUT2D eigenvalue weighted by Gasteiger charge is -2.35. The molecule has 0 aromatic heterocycles. The summed E-state index contributed by atoms with van der Waals surface area (Å²) in [6.07, 6.45) is 0.293. The third kappa shape index (κ3) is 3.04. The molecule has 5 rings (SSSR count). The highest BCUT2D eigenvalue weighted by atomic mass is 79.9. The molecule has 3 aliphatic rings. The van der Waals surface area contributed by atoms with E-state index in [-0.39, 0.29) is 28.8 Å². The van der Waals surface area contributed by atoms with Crippen molar-refractivity contribution in [3.8, 4) is 23.3 Å². The summed E-state index contributed by atoms with van der Waals surface area (Å²) in [5.74, 6) is 1.01. The number of hydrogen-bond donors (Lipinski definition) is 1. The zero-order valence-corrected chi connectivity index (χ0v) is 19.4. The highest BCUT2D eigenvalue weighted by molar-refractivity contribution is 9.10. The summed E-state index contributed by atoms with van der Waals surface area (Å²) in [6.45, 7) is 0.0798. The first-order chi connectivity index (χ1) is 15.4. The Bertz CT molecular complexity index is 1340. The number of nitrogens with two attached hydrogens (primary N) is 1. The molecule has 2 aromatic rings. The molecule has 8 nitrogen and oxygen atoms in total. The number of ether oxygens (including phenoxy) is 3. The molecular weight excluding hydrogens is 498 g/mol. The van der Waals surface area contributed by atoms with Crippen molar-refractivity contribution in [2.75, 3.05) is 24.6 Å². The fourth-order valence-electron chi connectivity index (χ4n) is 4.36. The number of halogens is 1. The van der Waals surface area contributed by atoms with Gasteiger partial charge in [0, 0.05) is 22.3 Å². The number of hydrogen-bond acceptors (Lipinski definition) is 8. The Balaban J connectivity index is 1.74.